The van der Waals surface area contributed by atoms with E-state index in [1.165, 1.54) is 0 Å². The van der Waals surface area contributed by atoms with Crippen LogP contribution in [-0.4, -0.2) is 36.4 Å². The molecule has 0 fully saturated rings. The van der Waals surface area contributed by atoms with Gasteiger partial charge in [0.15, 0.2) is 9.84 Å². The minimum atomic E-state index is -3.78. The van der Waals surface area contributed by atoms with Gasteiger partial charge in [-0.05, 0) is 17.7 Å². The molecule has 0 radical (unpaired) electrons. The minimum absolute atomic E-state index is 0.0200. The lowest BCUT2D eigenvalue weighted by molar-refractivity contribution is -0.385. The Morgan fingerprint density at radius 3 is 2.55 bits per heavy atom. The highest BCUT2D eigenvalue weighted by molar-refractivity contribution is 7.90. The number of hydrogen-bond acceptors (Lipinski definition) is 6. The summed E-state index contributed by atoms with van der Waals surface area (Å²) in [5.41, 5.74) is 5.12. The molecule has 0 atom stereocenters. The average Bonchev–Trinajstić information content (AvgIpc) is 3.08. The third-order valence-electron chi connectivity index (χ3n) is 4.13. The first-order valence-electron chi connectivity index (χ1n) is 8.29. The van der Waals surface area contributed by atoms with E-state index in [2.05, 4.69) is 15.8 Å². The standard InChI is InChI=1S/C18H16N4O6S/c1-29(27,28)14-7-11(6-13(9-14)22(25)26)18(24)21-20-17(23)8-12-10-19-16-5-3-2-4-15(12)16/h2-7,9-10,19H,8H2,1H3,(H,20,23)(H,21,24). The largest absolute Gasteiger partial charge is 0.361 e. The van der Waals surface area contributed by atoms with Crippen molar-refractivity contribution in [2.45, 2.75) is 11.3 Å². The van der Waals surface area contributed by atoms with E-state index in [-0.39, 0.29) is 16.9 Å². The van der Waals surface area contributed by atoms with E-state index in [0.717, 1.165) is 40.9 Å². The number of nitro groups is 1. The number of nitrogens with one attached hydrogen (secondary N) is 3. The number of aromatic nitrogens is 1. The van der Waals surface area contributed by atoms with Crippen molar-refractivity contribution < 1.29 is 22.9 Å². The molecule has 0 aliphatic heterocycles. The van der Waals surface area contributed by atoms with E-state index in [0.29, 0.717) is 0 Å². The summed E-state index contributed by atoms with van der Waals surface area (Å²) >= 11 is 0. The number of nitrogens with zero attached hydrogens (tertiary/aromatic N) is 1. The number of carbonyl (C=O) groups excluding carboxylic acids is 2. The quantitative estimate of drug-likeness (QED) is 0.423. The van der Waals surface area contributed by atoms with E-state index in [4.69, 9.17) is 0 Å². The number of hydrazine groups is 1. The molecule has 0 aliphatic rings. The second-order valence-electron chi connectivity index (χ2n) is 6.28. The number of carbonyl (C=O) groups is 2. The van der Waals surface area contributed by atoms with Crippen molar-refractivity contribution in [3.63, 3.8) is 0 Å². The predicted octanol–water partition coefficient (Wildman–Crippen LogP) is 1.48. The number of fused-ring (bicyclic) bond motifs is 1. The van der Waals surface area contributed by atoms with Gasteiger partial charge < -0.3 is 4.98 Å². The maximum atomic E-state index is 12.3. The number of benzene rings is 2. The highest BCUT2D eigenvalue weighted by Gasteiger charge is 2.19. The summed E-state index contributed by atoms with van der Waals surface area (Å²) in [5.74, 6) is -1.40. The van der Waals surface area contributed by atoms with Crippen LogP contribution in [-0.2, 0) is 21.1 Å². The Hall–Kier alpha value is -3.73. The maximum Gasteiger partial charge on any atom is 0.271 e. The van der Waals surface area contributed by atoms with Crippen molar-refractivity contribution in [2.75, 3.05) is 6.26 Å². The van der Waals surface area contributed by atoms with E-state index in [1.807, 2.05) is 24.3 Å². The van der Waals surface area contributed by atoms with Crippen LogP contribution in [0.15, 0.2) is 53.6 Å². The van der Waals surface area contributed by atoms with Gasteiger partial charge in [-0.1, -0.05) is 18.2 Å². The lowest BCUT2D eigenvalue weighted by Crippen LogP contribution is -2.42. The molecule has 29 heavy (non-hydrogen) atoms. The van der Waals surface area contributed by atoms with Gasteiger partial charge in [0, 0.05) is 41.1 Å². The van der Waals surface area contributed by atoms with Crippen molar-refractivity contribution in [3.8, 4) is 0 Å². The Kier molecular flexibility index (Phi) is 5.33. The third kappa shape index (κ3) is 4.58. The average molecular weight is 416 g/mol. The second kappa shape index (κ2) is 7.72. The monoisotopic (exact) mass is 416 g/mol. The molecule has 10 nitrogen and oxygen atoms in total. The molecule has 0 saturated heterocycles. The molecule has 0 bridgehead atoms. The zero-order valence-corrected chi connectivity index (χ0v) is 15.9. The molecular weight excluding hydrogens is 400 g/mol. The fourth-order valence-corrected chi connectivity index (χ4v) is 3.40. The van der Waals surface area contributed by atoms with Crippen LogP contribution in [0, 0.1) is 10.1 Å². The van der Waals surface area contributed by atoms with Gasteiger partial charge in [-0.15, -0.1) is 0 Å². The van der Waals surface area contributed by atoms with Crippen LogP contribution in [0.2, 0.25) is 0 Å². The van der Waals surface area contributed by atoms with Crippen molar-refractivity contribution in [2.24, 2.45) is 0 Å². The Labute approximate surface area is 165 Å². The molecule has 11 heteroatoms. The third-order valence-corrected chi connectivity index (χ3v) is 5.23. The molecule has 0 unspecified atom stereocenters. The molecule has 3 N–H and O–H groups in total. The van der Waals surface area contributed by atoms with Crippen LogP contribution in [0.3, 0.4) is 0 Å². The Bertz CT molecular complexity index is 1230. The summed E-state index contributed by atoms with van der Waals surface area (Å²) in [4.78, 5) is 37.3. The molecule has 1 aromatic heterocycles. The van der Waals surface area contributed by atoms with E-state index in [1.54, 1.807) is 6.20 Å². The first kappa shape index (κ1) is 20.0. The number of rotatable bonds is 5. The molecule has 0 spiro atoms. The van der Waals surface area contributed by atoms with Gasteiger partial charge in [0.2, 0.25) is 5.91 Å². The maximum absolute atomic E-state index is 12.3. The van der Waals surface area contributed by atoms with Crippen molar-refractivity contribution in [3.05, 3.63) is 69.9 Å². The molecule has 0 aliphatic carbocycles. The fourth-order valence-electron chi connectivity index (χ4n) is 2.73. The zero-order chi connectivity index (χ0) is 21.2. The first-order chi connectivity index (χ1) is 13.6. The summed E-state index contributed by atoms with van der Waals surface area (Å²) in [7, 11) is -3.78. The number of aromatic amines is 1. The number of amides is 2. The van der Waals surface area contributed by atoms with Crippen LogP contribution < -0.4 is 10.9 Å². The molecular formula is C18H16N4O6S. The van der Waals surface area contributed by atoms with Gasteiger partial charge in [-0.3, -0.25) is 30.6 Å². The molecule has 1 heterocycles. The van der Waals surface area contributed by atoms with Crippen molar-refractivity contribution in [1.82, 2.24) is 15.8 Å². The van der Waals surface area contributed by atoms with Crippen LogP contribution in [0.4, 0.5) is 5.69 Å². The lowest BCUT2D eigenvalue weighted by Gasteiger charge is -2.08. The lowest BCUT2D eigenvalue weighted by atomic mass is 10.1. The van der Waals surface area contributed by atoms with Gasteiger partial charge in [0.25, 0.3) is 11.6 Å². The summed E-state index contributed by atoms with van der Waals surface area (Å²) < 4.78 is 23.4. The summed E-state index contributed by atoms with van der Waals surface area (Å²) in [5, 5.41) is 11.9. The van der Waals surface area contributed by atoms with Crippen LogP contribution in [0.5, 0.6) is 0 Å². The summed E-state index contributed by atoms with van der Waals surface area (Å²) in [6.07, 6.45) is 2.54. The molecule has 150 valence electrons. The normalized spacial score (nSPS) is 11.2. The van der Waals surface area contributed by atoms with Crippen LogP contribution >= 0.6 is 0 Å². The Balaban J connectivity index is 1.72. The summed E-state index contributed by atoms with van der Waals surface area (Å²) in [6, 6.07) is 10.2. The number of nitro benzene ring substituents is 1. The number of non-ortho nitro benzene ring substituents is 1. The molecule has 2 amide bonds. The number of hydrogen-bond donors (Lipinski definition) is 3. The Morgan fingerprint density at radius 2 is 1.86 bits per heavy atom. The predicted molar refractivity (Wildman–Crippen MR) is 104 cm³/mol. The van der Waals surface area contributed by atoms with Crippen LogP contribution in [0.25, 0.3) is 10.9 Å². The SMILES string of the molecule is CS(=O)(=O)c1cc(C(=O)NNC(=O)Cc2c[nH]c3ccccc23)cc([N+](=O)[O-])c1. The summed E-state index contributed by atoms with van der Waals surface area (Å²) in [6.45, 7) is 0. The number of sulfone groups is 1. The van der Waals surface area contributed by atoms with Gasteiger partial charge in [-0.25, -0.2) is 8.42 Å². The molecule has 2 aromatic carbocycles. The molecule has 3 rings (SSSR count). The zero-order valence-electron chi connectivity index (χ0n) is 15.1. The van der Waals surface area contributed by atoms with Crippen LogP contribution in [0.1, 0.15) is 15.9 Å². The number of H-pyrrole nitrogens is 1. The highest BCUT2D eigenvalue weighted by atomic mass is 32.2. The molecule has 3 aromatic rings. The van der Waals surface area contributed by atoms with E-state index < -0.39 is 32.3 Å². The smallest absolute Gasteiger partial charge is 0.271 e. The van der Waals surface area contributed by atoms with Crippen molar-refractivity contribution >= 4 is 38.2 Å². The van der Waals surface area contributed by atoms with Gasteiger partial charge in [-0.2, -0.15) is 0 Å². The number of para-hydroxylation sites is 1. The van der Waals surface area contributed by atoms with Gasteiger partial charge >= 0.3 is 0 Å². The second-order valence-corrected chi connectivity index (χ2v) is 8.30. The topological polar surface area (TPSA) is 151 Å². The van der Waals surface area contributed by atoms with Gasteiger partial charge in [0.05, 0.1) is 16.2 Å². The van der Waals surface area contributed by atoms with Crippen molar-refractivity contribution in [1.29, 1.82) is 0 Å². The first-order valence-corrected chi connectivity index (χ1v) is 10.2. The van der Waals surface area contributed by atoms with E-state index >= 15 is 0 Å². The van der Waals surface area contributed by atoms with Gasteiger partial charge in [0.1, 0.15) is 0 Å². The fraction of sp³-hybridized carbons (Fsp3) is 0.111. The minimum Gasteiger partial charge on any atom is -0.361 e. The Morgan fingerprint density at radius 1 is 1.14 bits per heavy atom. The van der Waals surface area contributed by atoms with E-state index in [9.17, 15) is 28.1 Å². The highest BCUT2D eigenvalue weighted by Crippen LogP contribution is 2.21. The molecule has 0 saturated carbocycles.